The lowest BCUT2D eigenvalue weighted by atomic mass is 10.2. The fourth-order valence-electron chi connectivity index (χ4n) is 2.55. The maximum absolute atomic E-state index is 13.0. The number of nitrogens with one attached hydrogen (secondary N) is 1. The van der Waals surface area contributed by atoms with Gasteiger partial charge in [0.25, 0.3) is 12.3 Å². The minimum atomic E-state index is -2.75. The van der Waals surface area contributed by atoms with E-state index in [-0.39, 0.29) is 11.6 Å². The molecule has 2 aromatic rings. The van der Waals surface area contributed by atoms with Crippen LogP contribution < -0.4 is 14.8 Å². The Balaban J connectivity index is 1.58. The van der Waals surface area contributed by atoms with Crippen molar-refractivity contribution in [1.82, 2.24) is 9.97 Å². The zero-order chi connectivity index (χ0) is 17.4. The lowest BCUT2D eigenvalue weighted by Gasteiger charge is -2.19. The number of alkyl halides is 2. The summed E-state index contributed by atoms with van der Waals surface area (Å²) >= 11 is 0. The van der Waals surface area contributed by atoms with Gasteiger partial charge in [-0.3, -0.25) is 4.79 Å². The first-order valence-corrected chi connectivity index (χ1v) is 7.98. The van der Waals surface area contributed by atoms with Crippen molar-refractivity contribution in [2.45, 2.75) is 25.2 Å². The van der Waals surface area contributed by atoms with Crippen LogP contribution in [0.15, 0.2) is 24.3 Å². The van der Waals surface area contributed by atoms with Gasteiger partial charge in [0.15, 0.2) is 11.5 Å². The Hall–Kier alpha value is -2.77. The van der Waals surface area contributed by atoms with Gasteiger partial charge in [-0.15, -0.1) is 0 Å². The SMILES string of the molecule is O=C(Nc1ccc2c(c1)OCCO2)c1cc(C(F)F)nc(C2CC2)n1. The second kappa shape index (κ2) is 6.27. The molecule has 0 atom stereocenters. The zero-order valence-electron chi connectivity index (χ0n) is 13.2. The Bertz CT molecular complexity index is 805. The Labute approximate surface area is 142 Å². The van der Waals surface area contributed by atoms with E-state index in [4.69, 9.17) is 9.47 Å². The molecular weight excluding hydrogens is 332 g/mol. The normalized spacial score (nSPS) is 16.0. The monoisotopic (exact) mass is 347 g/mol. The third-order valence-electron chi connectivity index (χ3n) is 3.96. The summed E-state index contributed by atoms with van der Waals surface area (Å²) in [6.45, 7) is 0.902. The first-order chi connectivity index (χ1) is 12.1. The number of anilines is 1. The van der Waals surface area contributed by atoms with Crippen LogP contribution in [0.4, 0.5) is 14.5 Å². The quantitative estimate of drug-likeness (QED) is 0.918. The molecule has 1 aromatic carbocycles. The number of hydrogen-bond donors (Lipinski definition) is 1. The Morgan fingerprint density at radius 2 is 1.88 bits per heavy atom. The summed E-state index contributed by atoms with van der Waals surface area (Å²) in [5.74, 6) is 0.938. The van der Waals surface area contributed by atoms with Crippen molar-refractivity contribution in [2.75, 3.05) is 18.5 Å². The fraction of sp³-hybridized carbons (Fsp3) is 0.353. The smallest absolute Gasteiger partial charge is 0.280 e. The predicted molar refractivity (Wildman–Crippen MR) is 84.3 cm³/mol. The number of amides is 1. The van der Waals surface area contributed by atoms with Crippen LogP contribution in [0.2, 0.25) is 0 Å². The van der Waals surface area contributed by atoms with Gasteiger partial charge in [-0.05, 0) is 31.0 Å². The van der Waals surface area contributed by atoms with Gasteiger partial charge in [-0.2, -0.15) is 0 Å². The number of carbonyl (C=O) groups excluding carboxylic acids is 1. The maximum Gasteiger partial charge on any atom is 0.280 e. The molecule has 1 N–H and O–H groups in total. The van der Waals surface area contributed by atoms with Gasteiger partial charge in [-0.1, -0.05) is 0 Å². The number of fused-ring (bicyclic) bond motifs is 1. The highest BCUT2D eigenvalue weighted by Crippen LogP contribution is 2.38. The molecule has 2 aliphatic rings. The Morgan fingerprint density at radius 3 is 2.60 bits per heavy atom. The van der Waals surface area contributed by atoms with Crippen LogP contribution in [-0.4, -0.2) is 29.1 Å². The molecule has 0 radical (unpaired) electrons. The number of ether oxygens (including phenoxy) is 2. The van der Waals surface area contributed by atoms with E-state index in [9.17, 15) is 13.6 Å². The molecule has 1 saturated carbocycles. The molecule has 1 aromatic heterocycles. The number of hydrogen-bond acceptors (Lipinski definition) is 5. The van der Waals surface area contributed by atoms with E-state index in [1.807, 2.05) is 0 Å². The number of nitrogens with zero attached hydrogens (tertiary/aromatic N) is 2. The molecule has 0 unspecified atom stereocenters. The van der Waals surface area contributed by atoms with Gasteiger partial charge in [0, 0.05) is 17.7 Å². The van der Waals surface area contributed by atoms with Gasteiger partial charge in [0.2, 0.25) is 0 Å². The van der Waals surface area contributed by atoms with E-state index in [1.54, 1.807) is 18.2 Å². The molecule has 1 fully saturated rings. The van der Waals surface area contributed by atoms with E-state index < -0.39 is 18.0 Å². The largest absolute Gasteiger partial charge is 0.486 e. The molecule has 0 saturated heterocycles. The van der Waals surface area contributed by atoms with E-state index in [1.165, 1.54) is 0 Å². The Morgan fingerprint density at radius 1 is 1.12 bits per heavy atom. The van der Waals surface area contributed by atoms with Crippen molar-refractivity contribution >= 4 is 11.6 Å². The van der Waals surface area contributed by atoms with E-state index in [2.05, 4.69) is 15.3 Å². The highest BCUT2D eigenvalue weighted by atomic mass is 19.3. The van der Waals surface area contributed by atoms with Crippen molar-refractivity contribution in [3.63, 3.8) is 0 Å². The molecule has 4 rings (SSSR count). The first-order valence-electron chi connectivity index (χ1n) is 7.98. The average Bonchev–Trinajstić information content (AvgIpc) is 3.46. The zero-order valence-corrected chi connectivity index (χ0v) is 13.2. The minimum Gasteiger partial charge on any atom is -0.486 e. The maximum atomic E-state index is 13.0. The fourth-order valence-corrected chi connectivity index (χ4v) is 2.55. The van der Waals surface area contributed by atoms with Gasteiger partial charge in [0.05, 0.1) is 0 Å². The molecule has 0 bridgehead atoms. The third-order valence-corrected chi connectivity index (χ3v) is 3.96. The summed E-state index contributed by atoms with van der Waals surface area (Å²) in [4.78, 5) is 20.4. The molecular formula is C17H15F2N3O3. The lowest BCUT2D eigenvalue weighted by molar-refractivity contribution is 0.102. The first kappa shape index (κ1) is 15.7. The molecule has 0 spiro atoms. The highest BCUT2D eigenvalue weighted by Gasteiger charge is 2.29. The minimum absolute atomic E-state index is 0.0675. The molecule has 1 aliphatic carbocycles. The Kier molecular flexibility index (Phi) is 3.95. The number of rotatable bonds is 4. The summed E-state index contributed by atoms with van der Waals surface area (Å²) in [6, 6.07) is 6.00. The van der Waals surface area contributed by atoms with Gasteiger partial charge in [0.1, 0.15) is 30.4 Å². The van der Waals surface area contributed by atoms with Crippen molar-refractivity contribution in [3.05, 3.63) is 41.5 Å². The third kappa shape index (κ3) is 3.38. The summed E-state index contributed by atoms with van der Waals surface area (Å²) in [5.41, 5.74) is -0.0225. The summed E-state index contributed by atoms with van der Waals surface area (Å²) in [6.07, 6.45) is -1.03. The van der Waals surface area contributed by atoms with Crippen LogP contribution in [0.5, 0.6) is 11.5 Å². The van der Waals surface area contributed by atoms with Gasteiger partial charge >= 0.3 is 0 Å². The van der Waals surface area contributed by atoms with Crippen LogP contribution in [0, 0.1) is 0 Å². The van der Waals surface area contributed by atoms with Crippen LogP contribution in [-0.2, 0) is 0 Å². The van der Waals surface area contributed by atoms with E-state index >= 15 is 0 Å². The van der Waals surface area contributed by atoms with Crippen molar-refractivity contribution in [3.8, 4) is 11.5 Å². The molecule has 8 heteroatoms. The second-order valence-corrected chi connectivity index (χ2v) is 5.92. The van der Waals surface area contributed by atoms with Crippen LogP contribution in [0.1, 0.15) is 47.2 Å². The average molecular weight is 347 g/mol. The van der Waals surface area contributed by atoms with Gasteiger partial charge < -0.3 is 14.8 Å². The summed E-state index contributed by atoms with van der Waals surface area (Å²) in [7, 11) is 0. The predicted octanol–water partition coefficient (Wildman–Crippen LogP) is 3.32. The van der Waals surface area contributed by atoms with Crippen molar-refractivity contribution in [1.29, 1.82) is 0 Å². The summed E-state index contributed by atoms with van der Waals surface area (Å²) < 4.78 is 37.0. The molecule has 6 nitrogen and oxygen atoms in total. The van der Waals surface area contributed by atoms with Crippen molar-refractivity contribution < 1.29 is 23.0 Å². The van der Waals surface area contributed by atoms with E-state index in [0.717, 1.165) is 18.9 Å². The highest BCUT2D eigenvalue weighted by molar-refractivity contribution is 6.03. The standard InChI is InChI=1S/C17H15F2N3O3/c18-15(19)11-8-12(22-16(21-11)9-1-2-9)17(23)20-10-3-4-13-14(7-10)25-6-5-24-13/h3-4,7-9,15H,1-2,5-6H2,(H,20,23). The molecule has 1 aliphatic heterocycles. The molecule has 25 heavy (non-hydrogen) atoms. The second-order valence-electron chi connectivity index (χ2n) is 5.92. The van der Waals surface area contributed by atoms with Crippen LogP contribution >= 0.6 is 0 Å². The molecule has 2 heterocycles. The summed E-state index contributed by atoms with van der Waals surface area (Å²) in [5, 5.41) is 2.65. The van der Waals surface area contributed by atoms with Gasteiger partial charge in [-0.25, -0.2) is 18.7 Å². The van der Waals surface area contributed by atoms with E-state index in [0.29, 0.717) is 36.2 Å². The van der Waals surface area contributed by atoms with Crippen molar-refractivity contribution in [2.24, 2.45) is 0 Å². The lowest BCUT2D eigenvalue weighted by Crippen LogP contribution is -2.18. The van der Waals surface area contributed by atoms with Crippen LogP contribution in [0.3, 0.4) is 0 Å². The number of aromatic nitrogens is 2. The topological polar surface area (TPSA) is 73.3 Å². The molecule has 1 amide bonds. The molecule has 130 valence electrons. The number of benzene rings is 1. The number of halogens is 2. The van der Waals surface area contributed by atoms with Crippen LogP contribution in [0.25, 0.3) is 0 Å². The number of carbonyl (C=O) groups is 1.